The number of hydrogen-bond acceptors (Lipinski definition) is 2. The molecule has 0 N–H and O–H groups in total. The highest BCUT2D eigenvalue weighted by atomic mass is 16.5. The van der Waals surface area contributed by atoms with E-state index in [2.05, 4.69) is 68.3 Å². The number of rotatable bonds is 10. The summed E-state index contributed by atoms with van der Waals surface area (Å²) in [6.45, 7) is 12.2. The standard InChI is InChI=1S/C20H31NO/c1-5-14-21(15-6-2)16-19(17-22-8-4)20(7-3)18-12-10-9-11-13-18/h7,9-13,16H,5-6,8,14-15,17H2,1-4H3/b19-16+,20-7+. The summed E-state index contributed by atoms with van der Waals surface area (Å²) >= 11 is 0. The number of hydrogen-bond donors (Lipinski definition) is 0. The molecule has 0 heterocycles. The van der Waals surface area contributed by atoms with Gasteiger partial charge in [-0.3, -0.25) is 0 Å². The maximum Gasteiger partial charge on any atom is 0.0736 e. The molecular formula is C20H31NO. The van der Waals surface area contributed by atoms with Crippen LogP contribution in [0.1, 0.15) is 46.1 Å². The molecule has 0 atom stereocenters. The molecule has 0 fully saturated rings. The van der Waals surface area contributed by atoms with E-state index in [1.165, 1.54) is 16.7 Å². The SMILES string of the molecule is C/C=C(/C(=C/N(CCC)CCC)COCC)c1ccccc1. The Morgan fingerprint density at radius 3 is 2.18 bits per heavy atom. The third-order valence-electron chi connectivity index (χ3n) is 3.54. The zero-order chi connectivity index (χ0) is 16.2. The maximum absolute atomic E-state index is 5.72. The summed E-state index contributed by atoms with van der Waals surface area (Å²) in [5.74, 6) is 0. The van der Waals surface area contributed by atoms with Crippen molar-refractivity contribution in [3.63, 3.8) is 0 Å². The summed E-state index contributed by atoms with van der Waals surface area (Å²) in [5.41, 5.74) is 3.78. The molecular weight excluding hydrogens is 270 g/mol. The molecule has 2 nitrogen and oxygen atoms in total. The van der Waals surface area contributed by atoms with Crippen molar-refractivity contribution in [3.05, 3.63) is 53.7 Å². The van der Waals surface area contributed by atoms with Gasteiger partial charge in [0, 0.05) is 31.5 Å². The monoisotopic (exact) mass is 301 g/mol. The van der Waals surface area contributed by atoms with Crippen molar-refractivity contribution in [1.82, 2.24) is 4.90 Å². The van der Waals surface area contributed by atoms with Gasteiger partial charge in [0.05, 0.1) is 6.61 Å². The fourth-order valence-electron chi connectivity index (χ4n) is 2.59. The quantitative estimate of drug-likeness (QED) is 0.555. The lowest BCUT2D eigenvalue weighted by atomic mass is 9.98. The maximum atomic E-state index is 5.72. The van der Waals surface area contributed by atoms with Crippen molar-refractivity contribution >= 4 is 5.57 Å². The first-order valence-corrected chi connectivity index (χ1v) is 8.51. The van der Waals surface area contributed by atoms with Gasteiger partial charge in [-0.05, 0) is 37.8 Å². The van der Waals surface area contributed by atoms with Crippen molar-refractivity contribution in [2.75, 3.05) is 26.3 Å². The average molecular weight is 301 g/mol. The third kappa shape index (κ3) is 6.07. The Hall–Kier alpha value is -1.54. The zero-order valence-electron chi connectivity index (χ0n) is 14.6. The summed E-state index contributed by atoms with van der Waals surface area (Å²) < 4.78 is 5.72. The molecule has 0 aliphatic heterocycles. The van der Waals surface area contributed by atoms with Crippen molar-refractivity contribution in [2.45, 2.75) is 40.5 Å². The van der Waals surface area contributed by atoms with Crippen molar-refractivity contribution in [1.29, 1.82) is 0 Å². The van der Waals surface area contributed by atoms with Crippen LogP contribution in [0, 0.1) is 0 Å². The number of nitrogens with zero attached hydrogens (tertiary/aromatic N) is 1. The van der Waals surface area contributed by atoms with Crippen LogP contribution in [0.4, 0.5) is 0 Å². The Bertz CT molecular complexity index is 456. The number of ether oxygens (including phenoxy) is 1. The van der Waals surface area contributed by atoms with Gasteiger partial charge >= 0.3 is 0 Å². The van der Waals surface area contributed by atoms with E-state index in [0.29, 0.717) is 6.61 Å². The molecule has 1 rings (SSSR count). The molecule has 0 aromatic heterocycles. The lowest BCUT2D eigenvalue weighted by Crippen LogP contribution is -2.20. The van der Waals surface area contributed by atoms with Crippen molar-refractivity contribution in [2.24, 2.45) is 0 Å². The lowest BCUT2D eigenvalue weighted by molar-refractivity contribution is 0.172. The van der Waals surface area contributed by atoms with Crippen LogP contribution in [0.2, 0.25) is 0 Å². The van der Waals surface area contributed by atoms with E-state index in [9.17, 15) is 0 Å². The summed E-state index contributed by atoms with van der Waals surface area (Å²) in [6.07, 6.45) is 6.81. The molecule has 122 valence electrons. The first-order chi connectivity index (χ1) is 10.8. The van der Waals surface area contributed by atoms with E-state index in [0.717, 1.165) is 32.5 Å². The van der Waals surface area contributed by atoms with Gasteiger partial charge in [0.15, 0.2) is 0 Å². The van der Waals surface area contributed by atoms with Gasteiger partial charge in [-0.15, -0.1) is 0 Å². The number of benzene rings is 1. The molecule has 22 heavy (non-hydrogen) atoms. The van der Waals surface area contributed by atoms with Crippen LogP contribution in [-0.4, -0.2) is 31.2 Å². The Balaban J connectivity index is 3.08. The van der Waals surface area contributed by atoms with Crippen LogP contribution >= 0.6 is 0 Å². The van der Waals surface area contributed by atoms with Gasteiger partial charge in [0.1, 0.15) is 0 Å². The molecule has 0 unspecified atom stereocenters. The van der Waals surface area contributed by atoms with E-state index in [4.69, 9.17) is 4.74 Å². The second-order valence-electron chi connectivity index (χ2n) is 5.40. The molecule has 0 saturated carbocycles. The Labute approximate surface area is 136 Å². The first kappa shape index (κ1) is 18.5. The second kappa shape index (κ2) is 11.1. The number of allylic oxidation sites excluding steroid dienone is 1. The van der Waals surface area contributed by atoms with E-state index in [1.54, 1.807) is 0 Å². The van der Waals surface area contributed by atoms with Gasteiger partial charge < -0.3 is 9.64 Å². The largest absolute Gasteiger partial charge is 0.377 e. The van der Waals surface area contributed by atoms with Gasteiger partial charge in [-0.25, -0.2) is 0 Å². The summed E-state index contributed by atoms with van der Waals surface area (Å²) in [7, 11) is 0. The second-order valence-corrected chi connectivity index (χ2v) is 5.40. The smallest absolute Gasteiger partial charge is 0.0736 e. The summed E-state index contributed by atoms with van der Waals surface area (Å²) in [4.78, 5) is 2.42. The van der Waals surface area contributed by atoms with Gasteiger partial charge in [-0.1, -0.05) is 50.3 Å². The molecule has 0 amide bonds. The van der Waals surface area contributed by atoms with Gasteiger partial charge in [-0.2, -0.15) is 0 Å². The fraction of sp³-hybridized carbons (Fsp3) is 0.500. The minimum Gasteiger partial charge on any atom is -0.377 e. The van der Waals surface area contributed by atoms with Crippen LogP contribution < -0.4 is 0 Å². The summed E-state index contributed by atoms with van der Waals surface area (Å²) in [6, 6.07) is 10.6. The fourth-order valence-corrected chi connectivity index (χ4v) is 2.59. The van der Waals surface area contributed by atoms with Crippen molar-refractivity contribution < 1.29 is 4.74 Å². The minimum absolute atomic E-state index is 0.662. The van der Waals surface area contributed by atoms with Crippen LogP contribution in [0.5, 0.6) is 0 Å². The highest BCUT2D eigenvalue weighted by molar-refractivity contribution is 5.78. The highest BCUT2D eigenvalue weighted by Gasteiger charge is 2.09. The topological polar surface area (TPSA) is 12.5 Å². The third-order valence-corrected chi connectivity index (χ3v) is 3.54. The van der Waals surface area contributed by atoms with Crippen LogP contribution in [0.3, 0.4) is 0 Å². The Kier molecular flexibility index (Phi) is 9.33. The molecule has 0 aliphatic rings. The summed E-state index contributed by atoms with van der Waals surface area (Å²) in [5, 5.41) is 0. The van der Waals surface area contributed by atoms with Crippen LogP contribution in [-0.2, 0) is 4.74 Å². The predicted molar refractivity (Wildman–Crippen MR) is 96.8 cm³/mol. The molecule has 0 spiro atoms. The molecule has 0 bridgehead atoms. The van der Waals surface area contributed by atoms with Crippen molar-refractivity contribution in [3.8, 4) is 0 Å². The Morgan fingerprint density at radius 1 is 1.05 bits per heavy atom. The first-order valence-electron chi connectivity index (χ1n) is 8.51. The zero-order valence-corrected chi connectivity index (χ0v) is 14.6. The average Bonchev–Trinajstić information content (AvgIpc) is 2.54. The molecule has 0 radical (unpaired) electrons. The molecule has 1 aromatic rings. The Morgan fingerprint density at radius 2 is 1.68 bits per heavy atom. The van der Waals surface area contributed by atoms with E-state index in [1.807, 2.05) is 6.92 Å². The molecule has 0 aliphatic carbocycles. The molecule has 2 heteroatoms. The van der Waals surface area contributed by atoms with Crippen LogP contribution in [0.25, 0.3) is 5.57 Å². The van der Waals surface area contributed by atoms with E-state index < -0.39 is 0 Å². The highest BCUT2D eigenvalue weighted by Crippen LogP contribution is 2.24. The predicted octanol–water partition coefficient (Wildman–Crippen LogP) is 5.13. The van der Waals surface area contributed by atoms with Crippen LogP contribution in [0.15, 0.2) is 48.2 Å². The minimum atomic E-state index is 0.662. The van der Waals surface area contributed by atoms with E-state index >= 15 is 0 Å². The molecule has 0 saturated heterocycles. The van der Waals surface area contributed by atoms with E-state index in [-0.39, 0.29) is 0 Å². The normalized spacial score (nSPS) is 12.5. The van der Waals surface area contributed by atoms with Gasteiger partial charge in [0.2, 0.25) is 0 Å². The molecule has 1 aromatic carbocycles. The van der Waals surface area contributed by atoms with Gasteiger partial charge in [0.25, 0.3) is 0 Å². The lowest BCUT2D eigenvalue weighted by Gasteiger charge is -2.22.